The third-order valence-corrected chi connectivity index (χ3v) is 4.52. The fraction of sp³-hybridized carbons (Fsp3) is 0.263. The molecule has 2 amide bonds. The van der Waals surface area contributed by atoms with Gasteiger partial charge in [0.15, 0.2) is 0 Å². The predicted octanol–water partition coefficient (Wildman–Crippen LogP) is 2.32. The number of amides is 2. The molecule has 0 saturated carbocycles. The van der Waals surface area contributed by atoms with Crippen molar-refractivity contribution >= 4 is 17.5 Å². The monoisotopic (exact) mass is 322 g/mol. The first kappa shape index (κ1) is 15.1. The first-order valence-corrected chi connectivity index (χ1v) is 8.11. The van der Waals surface area contributed by atoms with Crippen molar-refractivity contribution in [3.8, 4) is 0 Å². The van der Waals surface area contributed by atoms with E-state index < -0.39 is 0 Å². The van der Waals surface area contributed by atoms with Crippen LogP contribution in [-0.4, -0.2) is 43.0 Å². The van der Waals surface area contributed by atoms with Gasteiger partial charge in [-0.05, 0) is 23.8 Å². The first-order chi connectivity index (χ1) is 11.8. The average molecular weight is 322 g/mol. The average Bonchev–Trinajstić information content (AvgIpc) is 2.88. The Bertz CT molecular complexity index is 762. The molecule has 5 heteroatoms. The summed E-state index contributed by atoms with van der Waals surface area (Å²) >= 11 is 0. The molecule has 0 radical (unpaired) electrons. The molecule has 1 saturated heterocycles. The highest BCUT2D eigenvalue weighted by Crippen LogP contribution is 2.31. The van der Waals surface area contributed by atoms with Crippen LogP contribution >= 0.6 is 0 Å². The van der Waals surface area contributed by atoms with Crippen molar-refractivity contribution in [2.45, 2.75) is 6.54 Å². The Balaban J connectivity index is 1.68. The Morgan fingerprint density at radius 3 is 2.08 bits per heavy atom. The van der Waals surface area contributed by atoms with Crippen LogP contribution in [-0.2, 0) is 11.3 Å². The number of para-hydroxylation sites is 1. The second-order valence-corrected chi connectivity index (χ2v) is 6.01. The number of ether oxygens (including phenoxy) is 1. The standard InChI is InChI=1S/C19H18N2O3/c22-18-15-6-2-3-7-16(15)19(23)21(18)17-8-4-1-5-14(17)13-20-9-11-24-12-10-20/h1-8H,9-13H2. The summed E-state index contributed by atoms with van der Waals surface area (Å²) in [5.74, 6) is -0.491. The van der Waals surface area contributed by atoms with Crippen LogP contribution in [0.25, 0.3) is 0 Å². The fourth-order valence-corrected chi connectivity index (χ4v) is 3.27. The molecule has 2 aromatic carbocycles. The van der Waals surface area contributed by atoms with Gasteiger partial charge in [0.1, 0.15) is 0 Å². The lowest BCUT2D eigenvalue weighted by Gasteiger charge is -2.28. The van der Waals surface area contributed by atoms with Crippen molar-refractivity contribution in [3.63, 3.8) is 0 Å². The van der Waals surface area contributed by atoms with E-state index in [-0.39, 0.29) is 11.8 Å². The summed E-state index contributed by atoms with van der Waals surface area (Å²) in [5.41, 5.74) is 2.61. The third-order valence-electron chi connectivity index (χ3n) is 4.52. The van der Waals surface area contributed by atoms with Crippen molar-refractivity contribution in [1.29, 1.82) is 0 Å². The zero-order valence-corrected chi connectivity index (χ0v) is 13.3. The molecule has 2 aliphatic rings. The van der Waals surface area contributed by atoms with Crippen LogP contribution in [0.15, 0.2) is 48.5 Å². The van der Waals surface area contributed by atoms with Crippen molar-refractivity contribution in [2.75, 3.05) is 31.2 Å². The molecule has 0 aromatic heterocycles. The molecule has 122 valence electrons. The molecule has 2 aliphatic heterocycles. The zero-order chi connectivity index (χ0) is 16.5. The number of imide groups is 1. The summed E-state index contributed by atoms with van der Waals surface area (Å²) < 4.78 is 5.38. The van der Waals surface area contributed by atoms with E-state index in [1.807, 2.05) is 24.3 Å². The molecule has 0 aliphatic carbocycles. The molecule has 24 heavy (non-hydrogen) atoms. The Kier molecular flexibility index (Phi) is 3.88. The van der Waals surface area contributed by atoms with Gasteiger partial charge < -0.3 is 4.74 Å². The van der Waals surface area contributed by atoms with Gasteiger partial charge in [0.25, 0.3) is 11.8 Å². The van der Waals surface area contributed by atoms with E-state index in [1.165, 1.54) is 4.90 Å². The largest absolute Gasteiger partial charge is 0.379 e. The van der Waals surface area contributed by atoms with Crippen LogP contribution < -0.4 is 4.90 Å². The summed E-state index contributed by atoms with van der Waals surface area (Å²) in [6, 6.07) is 14.6. The molecule has 0 N–H and O–H groups in total. The molecule has 4 rings (SSSR count). The molecular weight excluding hydrogens is 304 g/mol. The summed E-state index contributed by atoms with van der Waals surface area (Å²) in [7, 11) is 0. The minimum atomic E-state index is -0.245. The molecule has 0 bridgehead atoms. The van der Waals surface area contributed by atoms with Gasteiger partial charge in [0.05, 0.1) is 30.0 Å². The lowest BCUT2D eigenvalue weighted by molar-refractivity contribution is 0.0342. The molecule has 2 heterocycles. The Morgan fingerprint density at radius 2 is 1.42 bits per heavy atom. The van der Waals surface area contributed by atoms with E-state index >= 15 is 0 Å². The highest BCUT2D eigenvalue weighted by molar-refractivity contribution is 6.34. The maximum atomic E-state index is 12.7. The van der Waals surface area contributed by atoms with Gasteiger partial charge in [0, 0.05) is 19.6 Å². The van der Waals surface area contributed by atoms with Gasteiger partial charge in [-0.25, -0.2) is 4.90 Å². The number of morpholine rings is 1. The number of benzene rings is 2. The Labute approximate surface area is 140 Å². The number of anilines is 1. The first-order valence-electron chi connectivity index (χ1n) is 8.11. The second-order valence-electron chi connectivity index (χ2n) is 6.01. The van der Waals surface area contributed by atoms with Crippen molar-refractivity contribution < 1.29 is 14.3 Å². The van der Waals surface area contributed by atoms with Gasteiger partial charge in [0.2, 0.25) is 0 Å². The highest BCUT2D eigenvalue weighted by Gasteiger charge is 2.37. The van der Waals surface area contributed by atoms with Crippen LogP contribution in [0.4, 0.5) is 5.69 Å². The molecule has 5 nitrogen and oxygen atoms in total. The third kappa shape index (κ3) is 2.52. The lowest BCUT2D eigenvalue weighted by Crippen LogP contribution is -2.37. The summed E-state index contributed by atoms with van der Waals surface area (Å²) in [6.07, 6.45) is 0. The van der Waals surface area contributed by atoms with Gasteiger partial charge in [-0.3, -0.25) is 14.5 Å². The number of carbonyl (C=O) groups excluding carboxylic acids is 2. The van der Waals surface area contributed by atoms with E-state index in [0.29, 0.717) is 23.4 Å². The van der Waals surface area contributed by atoms with Gasteiger partial charge in [-0.2, -0.15) is 0 Å². The van der Waals surface area contributed by atoms with Crippen LogP contribution in [0.2, 0.25) is 0 Å². The number of hydrogen-bond acceptors (Lipinski definition) is 4. The smallest absolute Gasteiger partial charge is 0.266 e. The quantitative estimate of drug-likeness (QED) is 0.814. The highest BCUT2D eigenvalue weighted by atomic mass is 16.5. The SMILES string of the molecule is O=C1c2ccccc2C(=O)N1c1ccccc1CN1CCOCC1. The molecular formula is C19H18N2O3. The maximum Gasteiger partial charge on any atom is 0.266 e. The van der Waals surface area contributed by atoms with Crippen LogP contribution in [0.3, 0.4) is 0 Å². The summed E-state index contributed by atoms with van der Waals surface area (Å²) in [6.45, 7) is 3.85. The number of nitrogens with zero attached hydrogens (tertiary/aromatic N) is 2. The molecule has 1 fully saturated rings. The zero-order valence-electron chi connectivity index (χ0n) is 13.3. The summed E-state index contributed by atoms with van der Waals surface area (Å²) in [4.78, 5) is 29.0. The second kappa shape index (κ2) is 6.19. The number of fused-ring (bicyclic) bond motifs is 1. The number of hydrogen-bond donors (Lipinski definition) is 0. The van der Waals surface area contributed by atoms with E-state index in [4.69, 9.17) is 4.74 Å². The molecule has 0 spiro atoms. The minimum Gasteiger partial charge on any atom is -0.379 e. The Morgan fingerprint density at radius 1 is 0.833 bits per heavy atom. The topological polar surface area (TPSA) is 49.9 Å². The van der Waals surface area contributed by atoms with Crippen molar-refractivity contribution in [1.82, 2.24) is 4.90 Å². The van der Waals surface area contributed by atoms with E-state index in [0.717, 1.165) is 31.9 Å². The normalized spacial score (nSPS) is 18.1. The van der Waals surface area contributed by atoms with Gasteiger partial charge in [-0.15, -0.1) is 0 Å². The number of carbonyl (C=O) groups is 2. The van der Waals surface area contributed by atoms with Crippen molar-refractivity contribution in [2.24, 2.45) is 0 Å². The summed E-state index contributed by atoms with van der Waals surface area (Å²) in [5, 5.41) is 0. The lowest BCUT2D eigenvalue weighted by atomic mass is 10.1. The molecule has 0 atom stereocenters. The van der Waals surface area contributed by atoms with Crippen LogP contribution in [0.5, 0.6) is 0 Å². The Hall–Kier alpha value is -2.50. The maximum absolute atomic E-state index is 12.7. The fourth-order valence-electron chi connectivity index (χ4n) is 3.27. The van der Waals surface area contributed by atoms with E-state index in [2.05, 4.69) is 4.90 Å². The van der Waals surface area contributed by atoms with E-state index in [1.54, 1.807) is 24.3 Å². The molecule has 0 unspecified atom stereocenters. The minimum absolute atomic E-state index is 0.245. The number of rotatable bonds is 3. The van der Waals surface area contributed by atoms with Crippen LogP contribution in [0.1, 0.15) is 26.3 Å². The van der Waals surface area contributed by atoms with Gasteiger partial charge in [-0.1, -0.05) is 30.3 Å². The van der Waals surface area contributed by atoms with Gasteiger partial charge >= 0.3 is 0 Å². The molecule has 2 aromatic rings. The van der Waals surface area contributed by atoms with Crippen LogP contribution in [0, 0.1) is 0 Å². The van der Waals surface area contributed by atoms with Crippen molar-refractivity contribution in [3.05, 3.63) is 65.2 Å². The van der Waals surface area contributed by atoms with E-state index in [9.17, 15) is 9.59 Å². The predicted molar refractivity (Wildman–Crippen MR) is 90.1 cm³/mol.